The van der Waals surface area contributed by atoms with Gasteiger partial charge in [0.25, 0.3) is 0 Å². The van der Waals surface area contributed by atoms with Gasteiger partial charge in [0.2, 0.25) is 5.91 Å². The van der Waals surface area contributed by atoms with Crippen LogP contribution >= 0.6 is 36.2 Å². The Morgan fingerprint density at radius 3 is 2.24 bits per heavy atom. The van der Waals surface area contributed by atoms with Crippen LogP contribution in [0, 0.1) is 12.8 Å². The standard InChI is InChI=1S/C14H25N3OS.2ClH/c1-7-12-16-10(4)13(19-12)11(5)17(6)14(18)8(2)9(3)15;;/h8-9,11H,7,15H2,1-6H3;2*1H. The van der Waals surface area contributed by atoms with E-state index in [1.807, 2.05) is 34.7 Å². The van der Waals surface area contributed by atoms with Gasteiger partial charge in [0.1, 0.15) is 0 Å². The van der Waals surface area contributed by atoms with Gasteiger partial charge in [0, 0.05) is 18.0 Å². The lowest BCUT2D eigenvalue weighted by atomic mass is 10.0. The van der Waals surface area contributed by atoms with Crippen LogP contribution in [0.5, 0.6) is 0 Å². The van der Waals surface area contributed by atoms with Crippen LogP contribution in [0.25, 0.3) is 0 Å². The fourth-order valence-corrected chi connectivity index (χ4v) is 3.02. The highest BCUT2D eigenvalue weighted by molar-refractivity contribution is 7.11. The molecule has 124 valence electrons. The van der Waals surface area contributed by atoms with Crippen molar-refractivity contribution in [3.63, 3.8) is 0 Å². The minimum absolute atomic E-state index is 0. The van der Waals surface area contributed by atoms with Crippen molar-refractivity contribution in [1.82, 2.24) is 9.88 Å². The van der Waals surface area contributed by atoms with E-state index >= 15 is 0 Å². The second-order valence-electron chi connectivity index (χ2n) is 5.18. The first-order chi connectivity index (χ1) is 8.79. The predicted molar refractivity (Wildman–Crippen MR) is 94.7 cm³/mol. The summed E-state index contributed by atoms with van der Waals surface area (Å²) in [5, 5.41) is 1.13. The summed E-state index contributed by atoms with van der Waals surface area (Å²) in [4.78, 5) is 19.8. The molecule has 0 spiro atoms. The highest BCUT2D eigenvalue weighted by atomic mass is 35.5. The van der Waals surface area contributed by atoms with E-state index < -0.39 is 0 Å². The monoisotopic (exact) mass is 355 g/mol. The molecule has 1 amide bonds. The van der Waals surface area contributed by atoms with Crippen molar-refractivity contribution in [1.29, 1.82) is 0 Å². The first kappa shape index (κ1) is 22.9. The zero-order valence-electron chi connectivity index (χ0n) is 13.5. The summed E-state index contributed by atoms with van der Waals surface area (Å²) in [5.41, 5.74) is 6.84. The molecule has 0 aliphatic rings. The molecule has 1 rings (SSSR count). The second-order valence-corrected chi connectivity index (χ2v) is 6.30. The van der Waals surface area contributed by atoms with Crippen LogP contribution in [0.2, 0.25) is 0 Å². The Morgan fingerprint density at radius 1 is 1.33 bits per heavy atom. The smallest absolute Gasteiger partial charge is 0.227 e. The Bertz CT molecular complexity index is 451. The predicted octanol–water partition coefficient (Wildman–Crippen LogP) is 3.36. The molecule has 0 aromatic carbocycles. The summed E-state index contributed by atoms with van der Waals surface area (Å²) < 4.78 is 0. The van der Waals surface area contributed by atoms with E-state index in [2.05, 4.69) is 11.9 Å². The number of hydrogen-bond donors (Lipinski definition) is 1. The average Bonchev–Trinajstić information content (AvgIpc) is 2.76. The SMILES string of the molecule is CCc1nc(C)c(C(C)N(C)C(=O)C(C)C(C)N)s1.Cl.Cl. The largest absolute Gasteiger partial charge is 0.338 e. The van der Waals surface area contributed by atoms with Gasteiger partial charge in [-0.2, -0.15) is 0 Å². The highest BCUT2D eigenvalue weighted by Crippen LogP contribution is 2.29. The van der Waals surface area contributed by atoms with Gasteiger partial charge in [-0.1, -0.05) is 13.8 Å². The van der Waals surface area contributed by atoms with E-state index in [4.69, 9.17) is 5.73 Å². The van der Waals surface area contributed by atoms with Gasteiger partial charge in [-0.15, -0.1) is 36.2 Å². The van der Waals surface area contributed by atoms with E-state index in [-0.39, 0.29) is 48.7 Å². The summed E-state index contributed by atoms with van der Waals surface area (Å²) in [6, 6.07) is -0.0811. The highest BCUT2D eigenvalue weighted by Gasteiger charge is 2.26. The molecule has 0 radical (unpaired) electrons. The lowest BCUT2D eigenvalue weighted by molar-refractivity contribution is -0.136. The van der Waals surface area contributed by atoms with Crippen molar-refractivity contribution >= 4 is 42.1 Å². The third-order valence-corrected chi connectivity index (χ3v) is 5.14. The second kappa shape index (κ2) is 9.62. The molecule has 21 heavy (non-hydrogen) atoms. The number of nitrogens with two attached hydrogens (primary N) is 1. The zero-order valence-corrected chi connectivity index (χ0v) is 16.0. The molecule has 0 saturated heterocycles. The van der Waals surface area contributed by atoms with Gasteiger partial charge in [0.15, 0.2) is 0 Å². The molecule has 3 unspecified atom stereocenters. The minimum Gasteiger partial charge on any atom is -0.338 e. The van der Waals surface area contributed by atoms with Crippen LogP contribution in [0.4, 0.5) is 0 Å². The number of nitrogens with zero attached hydrogens (tertiary/aromatic N) is 2. The van der Waals surface area contributed by atoms with Crippen molar-refractivity contribution in [2.75, 3.05) is 7.05 Å². The number of aromatic nitrogens is 1. The van der Waals surface area contributed by atoms with Gasteiger partial charge in [-0.05, 0) is 27.2 Å². The maximum atomic E-state index is 12.3. The third-order valence-electron chi connectivity index (χ3n) is 3.67. The maximum absolute atomic E-state index is 12.3. The molecule has 2 N–H and O–H groups in total. The molecule has 4 nitrogen and oxygen atoms in total. The minimum atomic E-state index is -0.161. The first-order valence-corrected chi connectivity index (χ1v) is 7.59. The molecular weight excluding hydrogens is 329 g/mol. The van der Waals surface area contributed by atoms with Gasteiger partial charge in [0.05, 0.1) is 22.7 Å². The van der Waals surface area contributed by atoms with Crippen molar-refractivity contribution in [2.24, 2.45) is 11.7 Å². The van der Waals surface area contributed by atoms with Crippen molar-refractivity contribution < 1.29 is 4.79 Å². The Kier molecular flexibility index (Phi) is 10.5. The van der Waals surface area contributed by atoms with Gasteiger partial charge in [-0.25, -0.2) is 4.98 Å². The first-order valence-electron chi connectivity index (χ1n) is 6.78. The van der Waals surface area contributed by atoms with E-state index in [9.17, 15) is 4.79 Å². The molecule has 1 heterocycles. The molecule has 7 heteroatoms. The molecule has 1 aromatic heterocycles. The number of rotatable bonds is 5. The summed E-state index contributed by atoms with van der Waals surface area (Å²) in [5.74, 6) is -0.0697. The van der Waals surface area contributed by atoms with E-state index in [0.717, 1.165) is 17.1 Å². The Labute approximate surface area is 144 Å². The summed E-state index contributed by atoms with van der Waals surface area (Å²) in [6.07, 6.45) is 0.937. The van der Waals surface area contributed by atoms with Crippen LogP contribution < -0.4 is 5.73 Å². The normalized spacial score (nSPS) is 14.4. The average molecular weight is 356 g/mol. The van der Waals surface area contributed by atoms with Crippen molar-refractivity contribution in [3.8, 4) is 0 Å². The van der Waals surface area contributed by atoms with Gasteiger partial charge in [-0.3, -0.25) is 4.79 Å². The number of amides is 1. The molecule has 0 fully saturated rings. The Balaban J connectivity index is 0. The zero-order chi connectivity index (χ0) is 14.7. The lowest BCUT2D eigenvalue weighted by Gasteiger charge is -2.28. The number of carbonyl (C=O) groups excluding carboxylic acids is 1. The molecule has 0 saturated carbocycles. The van der Waals surface area contributed by atoms with Crippen LogP contribution in [-0.2, 0) is 11.2 Å². The molecule has 0 aliphatic carbocycles. The summed E-state index contributed by atoms with van der Waals surface area (Å²) in [7, 11) is 1.84. The molecule has 3 atom stereocenters. The summed E-state index contributed by atoms with van der Waals surface area (Å²) in [6.45, 7) is 9.90. The number of carbonyl (C=O) groups is 1. The van der Waals surface area contributed by atoms with Crippen LogP contribution in [-0.4, -0.2) is 28.9 Å². The molecule has 1 aromatic rings. The quantitative estimate of drug-likeness (QED) is 0.880. The van der Waals surface area contributed by atoms with Crippen LogP contribution in [0.1, 0.15) is 49.3 Å². The van der Waals surface area contributed by atoms with E-state index in [0.29, 0.717) is 0 Å². The number of hydrogen-bond acceptors (Lipinski definition) is 4. The van der Waals surface area contributed by atoms with Crippen molar-refractivity contribution in [2.45, 2.75) is 53.1 Å². The van der Waals surface area contributed by atoms with Gasteiger partial charge < -0.3 is 10.6 Å². The van der Waals surface area contributed by atoms with Crippen LogP contribution in [0.15, 0.2) is 0 Å². The van der Waals surface area contributed by atoms with Crippen molar-refractivity contribution in [3.05, 3.63) is 15.6 Å². The fraction of sp³-hybridized carbons (Fsp3) is 0.714. The molecule has 0 bridgehead atoms. The number of halogens is 2. The van der Waals surface area contributed by atoms with E-state index in [1.165, 1.54) is 4.88 Å². The van der Waals surface area contributed by atoms with Gasteiger partial charge >= 0.3 is 0 Å². The summed E-state index contributed by atoms with van der Waals surface area (Å²) >= 11 is 1.70. The Morgan fingerprint density at radius 2 is 1.86 bits per heavy atom. The number of aryl methyl sites for hydroxylation is 2. The molecular formula is C14H27Cl2N3OS. The topological polar surface area (TPSA) is 59.2 Å². The maximum Gasteiger partial charge on any atom is 0.227 e. The number of thiazole rings is 1. The fourth-order valence-electron chi connectivity index (χ4n) is 1.92. The third kappa shape index (κ3) is 5.40. The van der Waals surface area contributed by atoms with E-state index in [1.54, 1.807) is 16.2 Å². The van der Waals surface area contributed by atoms with Crippen LogP contribution in [0.3, 0.4) is 0 Å². The molecule has 0 aliphatic heterocycles. The Hall–Kier alpha value is -0.360. The lowest BCUT2D eigenvalue weighted by Crippen LogP contribution is -2.40.